The molecular weight excluding hydrogens is 335 g/mol. The SMILES string of the molecule is CCOC(=O)c1c(Cl)ccnc1CNC(=O)c1cc(C)cc(F)c1. The van der Waals surface area contributed by atoms with Crippen molar-refractivity contribution in [1.82, 2.24) is 10.3 Å². The van der Waals surface area contributed by atoms with Crippen LogP contribution in [0.2, 0.25) is 5.02 Å². The van der Waals surface area contributed by atoms with Crippen molar-refractivity contribution in [2.75, 3.05) is 6.61 Å². The maximum Gasteiger partial charge on any atom is 0.341 e. The normalized spacial score (nSPS) is 10.3. The predicted octanol–water partition coefficient (Wildman–Crippen LogP) is 3.29. The van der Waals surface area contributed by atoms with E-state index in [1.54, 1.807) is 19.9 Å². The van der Waals surface area contributed by atoms with E-state index in [1.165, 1.54) is 18.3 Å². The largest absolute Gasteiger partial charge is 0.462 e. The highest BCUT2D eigenvalue weighted by Crippen LogP contribution is 2.19. The highest BCUT2D eigenvalue weighted by molar-refractivity contribution is 6.33. The summed E-state index contributed by atoms with van der Waals surface area (Å²) >= 11 is 6.03. The van der Waals surface area contributed by atoms with Crippen LogP contribution in [0.5, 0.6) is 0 Å². The second-order valence-electron chi connectivity index (χ2n) is 5.03. The van der Waals surface area contributed by atoms with E-state index in [0.29, 0.717) is 5.56 Å². The fraction of sp³-hybridized carbons (Fsp3) is 0.235. The molecule has 1 heterocycles. The third-order valence-corrected chi connectivity index (χ3v) is 3.49. The second kappa shape index (κ2) is 7.88. The third kappa shape index (κ3) is 4.29. The Morgan fingerprint density at radius 1 is 1.33 bits per heavy atom. The molecule has 0 aliphatic carbocycles. The zero-order valence-corrected chi connectivity index (χ0v) is 14.0. The summed E-state index contributed by atoms with van der Waals surface area (Å²) in [5.41, 5.74) is 1.21. The number of hydrogen-bond acceptors (Lipinski definition) is 4. The van der Waals surface area contributed by atoms with Gasteiger partial charge in [0.1, 0.15) is 11.4 Å². The minimum Gasteiger partial charge on any atom is -0.462 e. The van der Waals surface area contributed by atoms with E-state index in [4.69, 9.17) is 16.3 Å². The minimum atomic E-state index is -0.610. The summed E-state index contributed by atoms with van der Waals surface area (Å²) in [6.45, 7) is 3.52. The molecule has 2 rings (SSSR count). The number of pyridine rings is 1. The molecule has 1 aromatic heterocycles. The first kappa shape index (κ1) is 17.9. The molecule has 0 bridgehead atoms. The number of ether oxygens (including phenoxy) is 1. The van der Waals surface area contributed by atoms with Crippen LogP contribution in [-0.4, -0.2) is 23.5 Å². The number of hydrogen-bond donors (Lipinski definition) is 1. The molecule has 1 N–H and O–H groups in total. The molecule has 0 saturated heterocycles. The number of carbonyl (C=O) groups is 2. The van der Waals surface area contributed by atoms with Gasteiger partial charge in [-0.3, -0.25) is 9.78 Å². The van der Waals surface area contributed by atoms with Gasteiger partial charge >= 0.3 is 5.97 Å². The van der Waals surface area contributed by atoms with Crippen molar-refractivity contribution in [1.29, 1.82) is 0 Å². The van der Waals surface area contributed by atoms with Gasteiger partial charge in [-0.1, -0.05) is 11.6 Å². The molecule has 2 aromatic rings. The molecule has 126 valence electrons. The van der Waals surface area contributed by atoms with Crippen molar-refractivity contribution in [3.63, 3.8) is 0 Å². The molecule has 24 heavy (non-hydrogen) atoms. The number of nitrogens with one attached hydrogen (secondary N) is 1. The zero-order valence-electron chi connectivity index (χ0n) is 13.2. The van der Waals surface area contributed by atoms with Crippen LogP contribution in [0.4, 0.5) is 4.39 Å². The van der Waals surface area contributed by atoms with Gasteiger partial charge in [0, 0.05) is 11.8 Å². The van der Waals surface area contributed by atoms with E-state index in [1.807, 2.05) is 0 Å². The van der Waals surface area contributed by atoms with Crippen molar-refractivity contribution < 1.29 is 18.7 Å². The highest BCUT2D eigenvalue weighted by atomic mass is 35.5. The van der Waals surface area contributed by atoms with Gasteiger partial charge in [-0.2, -0.15) is 0 Å². The lowest BCUT2D eigenvalue weighted by atomic mass is 10.1. The van der Waals surface area contributed by atoms with E-state index in [2.05, 4.69) is 10.3 Å². The molecule has 0 atom stereocenters. The van der Waals surface area contributed by atoms with Crippen LogP contribution < -0.4 is 5.32 Å². The highest BCUT2D eigenvalue weighted by Gasteiger charge is 2.18. The van der Waals surface area contributed by atoms with Crippen LogP contribution in [0.15, 0.2) is 30.5 Å². The summed E-state index contributed by atoms with van der Waals surface area (Å²) in [5.74, 6) is -1.58. The summed E-state index contributed by atoms with van der Waals surface area (Å²) in [4.78, 5) is 28.2. The molecule has 0 radical (unpaired) electrons. The molecule has 0 aliphatic rings. The molecule has 1 amide bonds. The number of amides is 1. The van der Waals surface area contributed by atoms with E-state index >= 15 is 0 Å². The van der Waals surface area contributed by atoms with Gasteiger partial charge in [0.25, 0.3) is 5.91 Å². The Bertz CT molecular complexity index is 760. The minimum absolute atomic E-state index is 0.0386. The van der Waals surface area contributed by atoms with Crippen molar-refractivity contribution in [3.8, 4) is 0 Å². The number of nitrogens with zero attached hydrogens (tertiary/aromatic N) is 1. The molecule has 0 unspecified atom stereocenters. The molecule has 0 fully saturated rings. The molecule has 0 spiro atoms. The van der Waals surface area contributed by atoms with E-state index in [-0.39, 0.29) is 35.0 Å². The first-order valence-corrected chi connectivity index (χ1v) is 7.66. The fourth-order valence-corrected chi connectivity index (χ4v) is 2.41. The maximum absolute atomic E-state index is 13.4. The van der Waals surface area contributed by atoms with Crippen LogP contribution in [0, 0.1) is 12.7 Å². The smallest absolute Gasteiger partial charge is 0.341 e. The standard InChI is InChI=1S/C17H16ClFN2O3/c1-3-24-17(23)15-13(18)4-5-20-14(15)9-21-16(22)11-6-10(2)7-12(19)8-11/h4-8H,3,9H2,1-2H3,(H,21,22). The van der Waals surface area contributed by atoms with Crippen molar-refractivity contribution >= 4 is 23.5 Å². The van der Waals surface area contributed by atoms with Crippen LogP contribution >= 0.6 is 11.6 Å². The summed E-state index contributed by atoms with van der Waals surface area (Å²) in [7, 11) is 0. The fourth-order valence-electron chi connectivity index (χ4n) is 2.16. The summed E-state index contributed by atoms with van der Waals surface area (Å²) in [5, 5.41) is 2.79. The van der Waals surface area contributed by atoms with Crippen LogP contribution in [-0.2, 0) is 11.3 Å². The Hall–Kier alpha value is -2.47. The lowest BCUT2D eigenvalue weighted by Gasteiger charge is -2.11. The Kier molecular flexibility index (Phi) is 5.87. The summed E-state index contributed by atoms with van der Waals surface area (Å²) in [6, 6.07) is 5.50. The van der Waals surface area contributed by atoms with E-state index in [0.717, 1.165) is 6.07 Å². The van der Waals surface area contributed by atoms with Gasteiger partial charge in [-0.15, -0.1) is 0 Å². The molecule has 7 heteroatoms. The third-order valence-electron chi connectivity index (χ3n) is 3.18. The molecule has 1 aromatic carbocycles. The number of benzene rings is 1. The lowest BCUT2D eigenvalue weighted by molar-refractivity contribution is 0.0524. The van der Waals surface area contributed by atoms with Crippen molar-refractivity contribution in [3.05, 3.63) is 63.7 Å². The number of rotatable bonds is 5. The van der Waals surface area contributed by atoms with Gasteiger partial charge in [0.2, 0.25) is 0 Å². The second-order valence-corrected chi connectivity index (χ2v) is 5.44. The number of halogens is 2. The van der Waals surface area contributed by atoms with E-state index in [9.17, 15) is 14.0 Å². The topological polar surface area (TPSA) is 68.3 Å². The summed E-state index contributed by atoms with van der Waals surface area (Å²) in [6.07, 6.45) is 1.43. The van der Waals surface area contributed by atoms with Gasteiger partial charge in [-0.25, -0.2) is 9.18 Å². The quantitative estimate of drug-likeness (QED) is 0.840. The Balaban J connectivity index is 2.18. The lowest BCUT2D eigenvalue weighted by Crippen LogP contribution is -2.25. The zero-order chi connectivity index (χ0) is 17.7. The average molecular weight is 351 g/mol. The van der Waals surface area contributed by atoms with Crippen LogP contribution in [0.25, 0.3) is 0 Å². The van der Waals surface area contributed by atoms with Crippen LogP contribution in [0.1, 0.15) is 38.9 Å². The van der Waals surface area contributed by atoms with Crippen molar-refractivity contribution in [2.24, 2.45) is 0 Å². The Labute approximate surface area is 143 Å². The Morgan fingerprint density at radius 2 is 2.08 bits per heavy atom. The van der Waals surface area contributed by atoms with Gasteiger partial charge in [-0.05, 0) is 43.7 Å². The predicted molar refractivity (Wildman–Crippen MR) is 87.5 cm³/mol. The first-order chi connectivity index (χ1) is 11.4. The van der Waals surface area contributed by atoms with Crippen LogP contribution in [0.3, 0.4) is 0 Å². The molecular formula is C17H16ClFN2O3. The average Bonchev–Trinajstić information content (AvgIpc) is 2.51. The van der Waals surface area contributed by atoms with Gasteiger partial charge in [0.15, 0.2) is 0 Å². The number of esters is 1. The maximum atomic E-state index is 13.4. The monoisotopic (exact) mass is 350 g/mol. The van der Waals surface area contributed by atoms with Crippen molar-refractivity contribution in [2.45, 2.75) is 20.4 Å². The first-order valence-electron chi connectivity index (χ1n) is 7.28. The van der Waals surface area contributed by atoms with Gasteiger partial charge < -0.3 is 10.1 Å². The molecule has 5 nitrogen and oxygen atoms in total. The Morgan fingerprint density at radius 3 is 2.75 bits per heavy atom. The number of aromatic nitrogens is 1. The number of carbonyl (C=O) groups excluding carboxylic acids is 2. The number of aryl methyl sites for hydroxylation is 1. The van der Waals surface area contributed by atoms with E-state index < -0.39 is 17.7 Å². The molecule has 0 saturated carbocycles. The molecule has 0 aliphatic heterocycles. The summed E-state index contributed by atoms with van der Waals surface area (Å²) < 4.78 is 18.3. The van der Waals surface area contributed by atoms with Gasteiger partial charge in [0.05, 0.1) is 23.9 Å².